The highest BCUT2D eigenvalue weighted by Gasteiger charge is 2.08. The highest BCUT2D eigenvalue weighted by Crippen LogP contribution is 2.15. The second-order valence-electron chi connectivity index (χ2n) is 3.44. The Kier molecular flexibility index (Phi) is 6.39. The van der Waals surface area contributed by atoms with E-state index in [1.165, 1.54) is 0 Å². The second kappa shape index (κ2) is 7.84. The zero-order valence-corrected chi connectivity index (χ0v) is 12.1. The lowest BCUT2D eigenvalue weighted by Crippen LogP contribution is -2.27. The van der Waals surface area contributed by atoms with Crippen LogP contribution < -0.4 is 5.32 Å². The number of hydrogen-bond acceptors (Lipinski definition) is 3. The smallest absolute Gasteiger partial charge is 0.262 e. The van der Waals surface area contributed by atoms with Gasteiger partial charge in [0.25, 0.3) is 5.91 Å². The number of carbonyl (C=O) groups excluding carboxylic acids is 1. The van der Waals surface area contributed by atoms with E-state index < -0.39 is 0 Å². The molecule has 1 rings (SSSR count). The van der Waals surface area contributed by atoms with Gasteiger partial charge in [-0.15, -0.1) is 0 Å². The Hall–Kier alpha value is -1.39. The Morgan fingerprint density at radius 3 is 2.89 bits per heavy atom. The highest BCUT2D eigenvalue weighted by molar-refractivity contribution is 14.1. The predicted octanol–water partition coefficient (Wildman–Crippen LogP) is 1.96. The first-order valence-corrected chi connectivity index (χ1v) is 6.40. The van der Waals surface area contributed by atoms with E-state index >= 15 is 0 Å². The number of nitriles is 1. The summed E-state index contributed by atoms with van der Waals surface area (Å²) in [5.74, 6) is -0.380. The molecule has 1 amide bonds. The first-order chi connectivity index (χ1) is 8.69. The number of rotatable bonds is 5. The molecule has 0 heterocycles. The zero-order chi connectivity index (χ0) is 13.4. The van der Waals surface area contributed by atoms with E-state index in [0.29, 0.717) is 13.2 Å². The van der Waals surface area contributed by atoms with Crippen LogP contribution in [0.1, 0.15) is 5.56 Å². The minimum atomic E-state index is -0.380. The number of hydrogen-bond donors (Lipinski definition) is 1. The molecule has 0 aliphatic heterocycles. The molecule has 0 radical (unpaired) electrons. The summed E-state index contributed by atoms with van der Waals surface area (Å²) in [5.41, 5.74) is 0.951. The van der Waals surface area contributed by atoms with Gasteiger partial charge in [-0.2, -0.15) is 5.26 Å². The fourth-order valence-electron chi connectivity index (χ4n) is 1.26. The maximum absolute atomic E-state index is 11.7. The van der Waals surface area contributed by atoms with Crippen molar-refractivity contribution in [3.8, 4) is 6.07 Å². The van der Waals surface area contributed by atoms with Gasteiger partial charge in [-0.1, -0.05) is 18.2 Å². The van der Waals surface area contributed by atoms with E-state index in [2.05, 4.69) is 27.9 Å². The standard InChI is InChI=1S/C13H13IN2O2/c1-18-7-6-16-13(17)11(9-15)8-10-4-2-3-5-12(10)14/h2-5,8H,6-7H2,1H3,(H,16,17)/b11-8+. The van der Waals surface area contributed by atoms with Gasteiger partial charge in [-0.3, -0.25) is 4.79 Å². The van der Waals surface area contributed by atoms with Crippen LogP contribution in [0.25, 0.3) is 6.08 Å². The van der Waals surface area contributed by atoms with Crippen LogP contribution in [-0.2, 0) is 9.53 Å². The minimum Gasteiger partial charge on any atom is -0.383 e. The van der Waals surface area contributed by atoms with Crippen molar-refractivity contribution in [2.24, 2.45) is 0 Å². The van der Waals surface area contributed by atoms with E-state index in [-0.39, 0.29) is 11.5 Å². The summed E-state index contributed by atoms with van der Waals surface area (Å²) in [6.45, 7) is 0.813. The molecule has 18 heavy (non-hydrogen) atoms. The zero-order valence-electron chi connectivity index (χ0n) is 9.94. The van der Waals surface area contributed by atoms with Crippen molar-refractivity contribution in [3.63, 3.8) is 0 Å². The number of halogens is 1. The summed E-state index contributed by atoms with van der Waals surface area (Å²) in [6, 6.07) is 9.47. The molecule has 0 unspecified atom stereocenters. The van der Waals surface area contributed by atoms with Crippen molar-refractivity contribution in [1.29, 1.82) is 5.26 Å². The van der Waals surface area contributed by atoms with Crippen molar-refractivity contribution < 1.29 is 9.53 Å². The molecule has 0 aliphatic rings. The predicted molar refractivity (Wildman–Crippen MR) is 77.6 cm³/mol. The summed E-state index contributed by atoms with van der Waals surface area (Å²) in [6.07, 6.45) is 1.59. The number of nitrogens with zero attached hydrogens (tertiary/aromatic N) is 1. The van der Waals surface area contributed by atoms with Crippen molar-refractivity contribution in [1.82, 2.24) is 5.32 Å². The molecule has 0 atom stereocenters. The molecule has 1 N–H and O–H groups in total. The second-order valence-corrected chi connectivity index (χ2v) is 4.60. The lowest BCUT2D eigenvalue weighted by molar-refractivity contribution is -0.117. The lowest BCUT2D eigenvalue weighted by Gasteiger charge is -2.03. The Labute approximate surface area is 120 Å². The largest absolute Gasteiger partial charge is 0.383 e. The molecule has 0 saturated heterocycles. The Morgan fingerprint density at radius 1 is 1.56 bits per heavy atom. The normalized spacial score (nSPS) is 10.8. The number of methoxy groups -OCH3 is 1. The van der Waals surface area contributed by atoms with Gasteiger partial charge in [0.1, 0.15) is 11.6 Å². The van der Waals surface area contributed by atoms with Crippen LogP contribution in [0.15, 0.2) is 29.8 Å². The Morgan fingerprint density at radius 2 is 2.28 bits per heavy atom. The van der Waals surface area contributed by atoms with Gasteiger partial charge in [0.15, 0.2) is 0 Å². The number of benzene rings is 1. The van der Waals surface area contributed by atoms with Gasteiger partial charge in [0.05, 0.1) is 6.61 Å². The average molecular weight is 356 g/mol. The summed E-state index contributed by atoms with van der Waals surface area (Å²) in [4.78, 5) is 11.7. The SMILES string of the molecule is COCCNC(=O)/C(C#N)=C/c1ccccc1I. The molecule has 0 aliphatic carbocycles. The quantitative estimate of drug-likeness (QED) is 0.380. The third-order valence-electron chi connectivity index (χ3n) is 2.16. The Balaban J connectivity index is 2.81. The van der Waals surface area contributed by atoms with Crippen molar-refractivity contribution in [2.75, 3.05) is 20.3 Å². The van der Waals surface area contributed by atoms with E-state index in [1.807, 2.05) is 30.3 Å². The molecule has 0 bridgehead atoms. The van der Waals surface area contributed by atoms with Crippen molar-refractivity contribution in [3.05, 3.63) is 39.0 Å². The highest BCUT2D eigenvalue weighted by atomic mass is 127. The molecular weight excluding hydrogens is 343 g/mol. The summed E-state index contributed by atoms with van der Waals surface area (Å²) in [5, 5.41) is 11.6. The van der Waals surface area contributed by atoms with Gasteiger partial charge in [0.2, 0.25) is 0 Å². The average Bonchev–Trinajstić information content (AvgIpc) is 2.38. The van der Waals surface area contributed by atoms with Crippen molar-refractivity contribution in [2.45, 2.75) is 0 Å². The molecule has 1 aromatic carbocycles. The van der Waals surface area contributed by atoms with Crippen LogP contribution >= 0.6 is 22.6 Å². The molecule has 0 spiro atoms. The minimum absolute atomic E-state index is 0.0928. The first kappa shape index (κ1) is 14.7. The third-order valence-corrected chi connectivity index (χ3v) is 3.14. The maximum atomic E-state index is 11.7. The molecule has 94 valence electrons. The van der Waals surface area contributed by atoms with Crippen LogP contribution in [0.3, 0.4) is 0 Å². The number of carbonyl (C=O) groups is 1. The van der Waals surface area contributed by atoms with E-state index in [9.17, 15) is 4.79 Å². The van der Waals surface area contributed by atoms with Crippen LogP contribution in [0, 0.1) is 14.9 Å². The summed E-state index contributed by atoms with van der Waals surface area (Å²) < 4.78 is 5.82. The van der Waals surface area contributed by atoms with Crippen LogP contribution in [0.2, 0.25) is 0 Å². The van der Waals surface area contributed by atoms with E-state index in [0.717, 1.165) is 9.13 Å². The fourth-order valence-corrected chi connectivity index (χ4v) is 1.80. The molecule has 5 heteroatoms. The van der Waals surface area contributed by atoms with Gasteiger partial charge in [-0.05, 0) is 40.3 Å². The number of nitrogens with one attached hydrogen (secondary N) is 1. The Bertz CT molecular complexity index is 492. The van der Waals surface area contributed by atoms with Crippen LogP contribution in [0.4, 0.5) is 0 Å². The van der Waals surface area contributed by atoms with Crippen molar-refractivity contribution >= 4 is 34.6 Å². The topological polar surface area (TPSA) is 62.1 Å². The monoisotopic (exact) mass is 356 g/mol. The fraction of sp³-hybridized carbons (Fsp3) is 0.231. The molecule has 0 fully saturated rings. The van der Waals surface area contributed by atoms with Gasteiger partial charge in [0, 0.05) is 17.2 Å². The molecule has 0 aromatic heterocycles. The molecular formula is C13H13IN2O2. The lowest BCUT2D eigenvalue weighted by atomic mass is 10.1. The van der Waals surface area contributed by atoms with E-state index in [4.69, 9.17) is 10.00 Å². The molecule has 4 nitrogen and oxygen atoms in total. The first-order valence-electron chi connectivity index (χ1n) is 5.32. The third kappa shape index (κ3) is 4.47. The maximum Gasteiger partial charge on any atom is 0.262 e. The van der Waals surface area contributed by atoms with Gasteiger partial charge in [-0.25, -0.2) is 0 Å². The molecule has 1 aromatic rings. The summed E-state index contributed by atoms with van der Waals surface area (Å²) >= 11 is 2.16. The number of amides is 1. The van der Waals surface area contributed by atoms with E-state index in [1.54, 1.807) is 13.2 Å². The van der Waals surface area contributed by atoms with Crippen LogP contribution in [0.5, 0.6) is 0 Å². The number of ether oxygens (including phenoxy) is 1. The van der Waals surface area contributed by atoms with Crippen LogP contribution in [-0.4, -0.2) is 26.2 Å². The van der Waals surface area contributed by atoms with Gasteiger partial charge < -0.3 is 10.1 Å². The van der Waals surface area contributed by atoms with Gasteiger partial charge >= 0.3 is 0 Å². The molecule has 0 saturated carbocycles. The summed E-state index contributed by atoms with van der Waals surface area (Å²) in [7, 11) is 1.56.